The minimum absolute atomic E-state index is 0.477. The number of imidazole rings is 1. The SMILES string of the molecule is CC(C)NCCCn1c(Sc2cc3c(cc2[131I])CCO3)nc2c(N)nccc21. The molecule has 3 aromatic rings. The summed E-state index contributed by atoms with van der Waals surface area (Å²) in [5.41, 5.74) is 9.19. The molecule has 8 heteroatoms. The van der Waals surface area contributed by atoms with Crippen LogP contribution in [0.3, 0.4) is 0 Å². The molecule has 1 aliphatic heterocycles. The molecule has 0 unspecified atom stereocenters. The number of ether oxygens (including phenoxy) is 1. The van der Waals surface area contributed by atoms with E-state index in [0.717, 1.165) is 59.4 Å². The first-order valence-corrected chi connectivity index (χ1v) is 11.4. The van der Waals surface area contributed by atoms with Gasteiger partial charge in [0.2, 0.25) is 0 Å². The molecule has 4 rings (SSSR count). The molecule has 2 aromatic heterocycles. The lowest BCUT2D eigenvalue weighted by atomic mass is 10.2. The number of nitrogens with two attached hydrogens (primary N) is 1. The highest BCUT2D eigenvalue weighted by molar-refractivity contribution is 14.1. The van der Waals surface area contributed by atoms with Crippen LogP contribution in [-0.2, 0) is 13.0 Å². The zero-order chi connectivity index (χ0) is 19.7. The van der Waals surface area contributed by atoms with Crippen molar-refractivity contribution in [2.45, 2.75) is 49.3 Å². The summed E-state index contributed by atoms with van der Waals surface area (Å²) >= 11 is 4.07. The molecule has 3 N–H and O–H groups in total. The standard InChI is InChI=1S/C20H24IN5OS/c1-12(2)23-6-3-8-26-15-4-7-24-19(22)18(15)25-20(26)28-17-11-16-13(5-9-27-16)10-14(17)21/h4,7,10-12,23H,3,5-6,8-9H2,1-2H3,(H2,22,24)/i21+4. The van der Waals surface area contributed by atoms with Crippen LogP contribution < -0.4 is 15.8 Å². The second-order valence-corrected chi connectivity index (χ2v) is 9.33. The molecule has 148 valence electrons. The Labute approximate surface area is 182 Å². The predicted molar refractivity (Wildman–Crippen MR) is 122 cm³/mol. The number of aromatic nitrogens is 3. The van der Waals surface area contributed by atoms with E-state index in [0.29, 0.717) is 11.9 Å². The van der Waals surface area contributed by atoms with E-state index in [1.807, 2.05) is 6.07 Å². The van der Waals surface area contributed by atoms with Crippen molar-refractivity contribution in [2.75, 3.05) is 18.9 Å². The quantitative estimate of drug-likeness (QED) is 0.366. The third-order valence-corrected chi connectivity index (χ3v) is 7.03. The van der Waals surface area contributed by atoms with Crippen molar-refractivity contribution in [3.8, 4) is 5.75 Å². The lowest BCUT2D eigenvalue weighted by Crippen LogP contribution is -2.24. The molecule has 0 bridgehead atoms. The zero-order valence-electron chi connectivity index (χ0n) is 16.0. The van der Waals surface area contributed by atoms with E-state index < -0.39 is 0 Å². The Morgan fingerprint density at radius 1 is 1.39 bits per heavy atom. The van der Waals surface area contributed by atoms with Crippen LogP contribution in [0.5, 0.6) is 5.75 Å². The molecule has 6 nitrogen and oxygen atoms in total. The van der Waals surface area contributed by atoms with Crippen molar-refractivity contribution in [3.63, 3.8) is 0 Å². The van der Waals surface area contributed by atoms with E-state index in [9.17, 15) is 0 Å². The maximum absolute atomic E-state index is 6.10. The van der Waals surface area contributed by atoms with E-state index >= 15 is 0 Å². The van der Waals surface area contributed by atoms with Crippen LogP contribution in [0.25, 0.3) is 11.0 Å². The lowest BCUT2D eigenvalue weighted by molar-refractivity contribution is 0.356. The first-order valence-electron chi connectivity index (χ1n) is 9.50. The highest BCUT2D eigenvalue weighted by atomic mass is 131. The fourth-order valence-electron chi connectivity index (χ4n) is 3.33. The maximum atomic E-state index is 6.10. The smallest absolute Gasteiger partial charge is 0.174 e. The van der Waals surface area contributed by atoms with Gasteiger partial charge in [-0.25, -0.2) is 9.97 Å². The molecule has 0 spiro atoms. The number of fused-ring (bicyclic) bond motifs is 2. The van der Waals surface area contributed by atoms with Gasteiger partial charge in [0, 0.05) is 33.7 Å². The molecule has 28 heavy (non-hydrogen) atoms. The maximum Gasteiger partial charge on any atom is 0.174 e. The molecular formula is C20H24IN5OS. The van der Waals surface area contributed by atoms with Crippen molar-refractivity contribution >= 4 is 51.2 Å². The van der Waals surface area contributed by atoms with E-state index in [1.165, 1.54) is 9.13 Å². The average Bonchev–Trinajstić information content (AvgIpc) is 3.24. The van der Waals surface area contributed by atoms with Crippen LogP contribution in [0, 0.1) is 3.57 Å². The zero-order valence-corrected chi connectivity index (χ0v) is 19.0. The number of anilines is 1. The Balaban J connectivity index is 1.66. The number of nitrogens with zero attached hydrogens (tertiary/aromatic N) is 3. The second-order valence-electron chi connectivity index (χ2n) is 7.16. The van der Waals surface area contributed by atoms with Gasteiger partial charge in [0.1, 0.15) is 11.3 Å². The molecular weight excluding hydrogens is 489 g/mol. The van der Waals surface area contributed by atoms with Crippen molar-refractivity contribution in [3.05, 3.63) is 33.5 Å². The lowest BCUT2D eigenvalue weighted by Gasteiger charge is -2.12. The van der Waals surface area contributed by atoms with Gasteiger partial charge in [0.25, 0.3) is 0 Å². The minimum Gasteiger partial charge on any atom is -0.493 e. The second kappa shape index (κ2) is 8.46. The van der Waals surface area contributed by atoms with Gasteiger partial charge in [-0.1, -0.05) is 25.6 Å². The fraction of sp³-hybridized carbons (Fsp3) is 0.400. The summed E-state index contributed by atoms with van der Waals surface area (Å²) in [5, 5.41) is 4.42. The van der Waals surface area contributed by atoms with Gasteiger partial charge in [-0.3, -0.25) is 0 Å². The molecule has 3 heterocycles. The molecule has 0 aliphatic carbocycles. The van der Waals surface area contributed by atoms with Gasteiger partial charge in [-0.05, 0) is 59.3 Å². The van der Waals surface area contributed by atoms with Crippen LogP contribution in [0.15, 0.2) is 34.4 Å². The fourth-order valence-corrected chi connectivity index (χ4v) is 5.14. The van der Waals surface area contributed by atoms with Gasteiger partial charge < -0.3 is 20.4 Å². The molecule has 0 saturated carbocycles. The molecule has 0 amide bonds. The number of aryl methyl sites for hydroxylation is 1. The van der Waals surface area contributed by atoms with Crippen LogP contribution in [0.4, 0.5) is 5.82 Å². The number of nitrogen functional groups attached to an aromatic ring is 1. The summed E-state index contributed by atoms with van der Waals surface area (Å²) in [6.07, 6.45) is 3.76. The van der Waals surface area contributed by atoms with Crippen molar-refractivity contribution in [1.29, 1.82) is 0 Å². The minimum atomic E-state index is 0.477. The number of benzene rings is 1. The van der Waals surface area contributed by atoms with Crippen LogP contribution in [-0.4, -0.2) is 33.7 Å². The summed E-state index contributed by atoms with van der Waals surface area (Å²) in [7, 11) is 0. The monoisotopic (exact) mass is 513 g/mol. The number of rotatable bonds is 7. The van der Waals surface area contributed by atoms with Crippen LogP contribution in [0.1, 0.15) is 25.8 Å². The highest BCUT2D eigenvalue weighted by Gasteiger charge is 2.19. The average molecular weight is 513 g/mol. The van der Waals surface area contributed by atoms with Gasteiger partial charge >= 0.3 is 0 Å². The molecule has 0 saturated heterocycles. The van der Waals surface area contributed by atoms with E-state index in [-0.39, 0.29) is 0 Å². The molecule has 0 radical (unpaired) electrons. The largest absolute Gasteiger partial charge is 0.493 e. The molecule has 1 aliphatic rings. The van der Waals surface area contributed by atoms with Gasteiger partial charge in [0.05, 0.1) is 12.1 Å². The summed E-state index contributed by atoms with van der Waals surface area (Å²) in [5.74, 6) is 1.47. The topological polar surface area (TPSA) is 78.0 Å². The Bertz CT molecular complexity index is 1000. The number of halogens is 1. The molecule has 1 aromatic carbocycles. The van der Waals surface area contributed by atoms with Crippen molar-refractivity contribution in [2.24, 2.45) is 0 Å². The van der Waals surface area contributed by atoms with E-state index in [1.54, 1.807) is 18.0 Å². The van der Waals surface area contributed by atoms with Gasteiger partial charge in [0.15, 0.2) is 11.0 Å². The van der Waals surface area contributed by atoms with Crippen molar-refractivity contribution in [1.82, 2.24) is 19.9 Å². The number of nitrogens with one attached hydrogen (secondary N) is 1. The Morgan fingerprint density at radius 3 is 3.07 bits per heavy atom. The number of hydrogen-bond donors (Lipinski definition) is 2. The van der Waals surface area contributed by atoms with Gasteiger partial charge in [-0.2, -0.15) is 0 Å². The summed E-state index contributed by atoms with van der Waals surface area (Å²) in [6, 6.07) is 6.84. The Kier molecular flexibility index (Phi) is 5.98. The number of hydrogen-bond acceptors (Lipinski definition) is 6. The normalized spacial score (nSPS) is 13.3. The van der Waals surface area contributed by atoms with E-state index in [4.69, 9.17) is 15.5 Å². The van der Waals surface area contributed by atoms with Crippen LogP contribution >= 0.6 is 34.4 Å². The molecule has 0 fully saturated rings. The third-order valence-electron chi connectivity index (χ3n) is 4.72. The summed E-state index contributed by atoms with van der Waals surface area (Å²) in [4.78, 5) is 10.2. The Morgan fingerprint density at radius 2 is 2.25 bits per heavy atom. The molecule has 0 atom stereocenters. The van der Waals surface area contributed by atoms with E-state index in [2.05, 4.69) is 63.4 Å². The van der Waals surface area contributed by atoms with Gasteiger partial charge in [-0.15, -0.1) is 0 Å². The van der Waals surface area contributed by atoms with Crippen LogP contribution in [0.2, 0.25) is 0 Å². The summed E-state index contributed by atoms with van der Waals surface area (Å²) in [6.45, 7) is 6.94. The highest BCUT2D eigenvalue weighted by Crippen LogP contribution is 2.38. The van der Waals surface area contributed by atoms with Crippen molar-refractivity contribution < 1.29 is 4.74 Å². The first kappa shape index (κ1) is 19.8. The first-order chi connectivity index (χ1) is 13.5. The third kappa shape index (κ3) is 4.08. The predicted octanol–water partition coefficient (Wildman–Crippen LogP) is 4.09. The Hall–Kier alpha value is -1.52. The summed E-state index contributed by atoms with van der Waals surface area (Å²) < 4.78 is 9.23. The number of pyridine rings is 1.